The van der Waals surface area contributed by atoms with E-state index in [9.17, 15) is 32.7 Å². The number of halogens is 3. The second kappa shape index (κ2) is 12.7. The van der Waals surface area contributed by atoms with E-state index in [4.69, 9.17) is 4.74 Å². The number of alkyl halides is 3. The van der Waals surface area contributed by atoms with Crippen LogP contribution in [0.2, 0.25) is 0 Å². The summed E-state index contributed by atoms with van der Waals surface area (Å²) >= 11 is 0. The highest BCUT2D eigenvalue weighted by molar-refractivity contribution is 5.94. The molecule has 11 heteroatoms. The number of piperidine rings is 1. The van der Waals surface area contributed by atoms with E-state index in [1.807, 2.05) is 30.3 Å². The quantitative estimate of drug-likeness (QED) is 0.249. The molecule has 1 aliphatic heterocycles. The molecule has 1 fully saturated rings. The van der Waals surface area contributed by atoms with Crippen LogP contribution in [0.25, 0.3) is 0 Å². The van der Waals surface area contributed by atoms with Gasteiger partial charge in [0.2, 0.25) is 0 Å². The van der Waals surface area contributed by atoms with Crippen LogP contribution in [-0.2, 0) is 24.5 Å². The van der Waals surface area contributed by atoms with Gasteiger partial charge in [-0.25, -0.2) is 4.79 Å². The maximum Gasteiger partial charge on any atom is 0.491 e. The number of phenolic OH excluding ortho intramolecular Hbond substituents is 1. The number of benzene rings is 2. The van der Waals surface area contributed by atoms with Gasteiger partial charge in [-0.3, -0.25) is 9.59 Å². The second-order valence-corrected chi connectivity index (χ2v) is 8.66. The van der Waals surface area contributed by atoms with E-state index >= 15 is 0 Å². The number of hydrogen-bond acceptors (Lipinski definition) is 7. The number of nitrogens with one attached hydrogen (secondary N) is 2. The Morgan fingerprint density at radius 1 is 1.03 bits per heavy atom. The van der Waals surface area contributed by atoms with E-state index in [0.29, 0.717) is 17.5 Å². The van der Waals surface area contributed by atoms with Crippen molar-refractivity contribution >= 4 is 17.8 Å². The van der Waals surface area contributed by atoms with Crippen LogP contribution in [0.4, 0.5) is 13.2 Å². The molecule has 1 amide bonds. The monoisotopic (exact) mass is 522 g/mol. The smallest absolute Gasteiger partial charge is 0.491 e. The molecule has 37 heavy (non-hydrogen) atoms. The van der Waals surface area contributed by atoms with Gasteiger partial charge in [-0.1, -0.05) is 30.3 Å². The van der Waals surface area contributed by atoms with Crippen LogP contribution in [-0.4, -0.2) is 62.0 Å². The van der Waals surface area contributed by atoms with Gasteiger partial charge in [0.05, 0.1) is 13.0 Å². The van der Waals surface area contributed by atoms with Gasteiger partial charge in [-0.15, -0.1) is 0 Å². The van der Waals surface area contributed by atoms with Crippen molar-refractivity contribution in [3.8, 4) is 5.75 Å². The Morgan fingerprint density at radius 2 is 1.73 bits per heavy atom. The Bertz CT molecular complexity index is 1090. The topological polar surface area (TPSA) is 114 Å². The summed E-state index contributed by atoms with van der Waals surface area (Å²) in [7, 11) is 0. The Kier molecular flexibility index (Phi) is 9.65. The average molecular weight is 523 g/mol. The van der Waals surface area contributed by atoms with Crippen LogP contribution >= 0.6 is 0 Å². The SMILES string of the molecule is O=C(CCOCCCNC(=O)c1ccc(O)c(C2(c3ccccc3)CCNCC2)c1)OC(=O)C(F)(F)F. The molecule has 2 aromatic carbocycles. The number of hydrogen-bond donors (Lipinski definition) is 3. The first-order chi connectivity index (χ1) is 17.6. The summed E-state index contributed by atoms with van der Waals surface area (Å²) < 4.78 is 45.0. The van der Waals surface area contributed by atoms with E-state index in [1.165, 1.54) is 6.07 Å². The molecule has 0 radical (unpaired) electrons. The lowest BCUT2D eigenvalue weighted by atomic mass is 9.68. The molecule has 200 valence electrons. The molecule has 1 heterocycles. The highest BCUT2D eigenvalue weighted by atomic mass is 19.4. The number of carbonyl (C=O) groups excluding carboxylic acids is 3. The molecule has 0 bridgehead atoms. The highest BCUT2D eigenvalue weighted by Crippen LogP contribution is 2.44. The fraction of sp³-hybridized carbons (Fsp3) is 0.423. The van der Waals surface area contributed by atoms with Gasteiger partial charge in [-0.2, -0.15) is 13.2 Å². The first-order valence-corrected chi connectivity index (χ1v) is 11.9. The largest absolute Gasteiger partial charge is 0.508 e. The van der Waals surface area contributed by atoms with Gasteiger partial charge in [0.25, 0.3) is 5.91 Å². The van der Waals surface area contributed by atoms with Gasteiger partial charge in [0.1, 0.15) is 5.75 Å². The molecule has 3 rings (SSSR count). The summed E-state index contributed by atoms with van der Waals surface area (Å²) in [4.78, 5) is 34.6. The molecule has 0 unspecified atom stereocenters. The fourth-order valence-electron chi connectivity index (χ4n) is 4.33. The van der Waals surface area contributed by atoms with Gasteiger partial charge in [0, 0.05) is 29.7 Å². The van der Waals surface area contributed by atoms with E-state index in [1.54, 1.807) is 12.1 Å². The first-order valence-electron chi connectivity index (χ1n) is 11.9. The van der Waals surface area contributed by atoms with Crippen molar-refractivity contribution in [3.05, 3.63) is 65.2 Å². The molecule has 1 aliphatic rings. The van der Waals surface area contributed by atoms with Crippen molar-refractivity contribution in [2.75, 3.05) is 32.8 Å². The van der Waals surface area contributed by atoms with Gasteiger partial charge >= 0.3 is 18.1 Å². The van der Waals surface area contributed by atoms with Crippen LogP contribution in [0.15, 0.2) is 48.5 Å². The van der Waals surface area contributed by atoms with Gasteiger partial charge < -0.3 is 25.2 Å². The molecule has 1 saturated heterocycles. The van der Waals surface area contributed by atoms with Crippen molar-refractivity contribution < 1.29 is 42.1 Å². The zero-order valence-electron chi connectivity index (χ0n) is 20.1. The maximum atomic E-state index is 12.8. The molecule has 2 aromatic rings. The Hall–Kier alpha value is -3.44. The highest BCUT2D eigenvalue weighted by Gasteiger charge is 2.42. The van der Waals surface area contributed by atoms with Crippen molar-refractivity contribution in [2.45, 2.75) is 37.3 Å². The molecule has 8 nitrogen and oxygen atoms in total. The van der Waals surface area contributed by atoms with Crippen LogP contribution < -0.4 is 10.6 Å². The van der Waals surface area contributed by atoms with Crippen LogP contribution in [0.3, 0.4) is 0 Å². The Labute approximate surface area is 212 Å². The summed E-state index contributed by atoms with van der Waals surface area (Å²) in [6.45, 7) is 1.71. The van der Waals surface area contributed by atoms with Crippen molar-refractivity contribution in [2.24, 2.45) is 0 Å². The third-order valence-corrected chi connectivity index (χ3v) is 6.20. The normalized spacial score (nSPS) is 15.1. The molecular weight excluding hydrogens is 493 g/mol. The number of ether oxygens (including phenoxy) is 2. The standard InChI is InChI=1S/C26H29F3N2O6/c27-26(28,29)24(35)37-22(33)9-16-36-15-4-12-31-23(34)18-7-8-21(32)20(17-18)25(10-13-30-14-11-25)19-5-2-1-3-6-19/h1-3,5-8,17,30,32H,4,9-16H2,(H,31,34). The molecule has 3 N–H and O–H groups in total. The van der Waals surface area contributed by atoms with Gasteiger partial charge in [-0.05, 0) is 56.1 Å². The number of rotatable bonds is 10. The summed E-state index contributed by atoms with van der Waals surface area (Å²) in [5.41, 5.74) is 1.76. The van der Waals surface area contributed by atoms with Crippen molar-refractivity contribution in [1.29, 1.82) is 0 Å². The number of esters is 2. The minimum absolute atomic E-state index is 0.131. The number of carbonyl (C=O) groups is 3. The Balaban J connectivity index is 1.50. The lowest BCUT2D eigenvalue weighted by molar-refractivity contribution is -0.202. The zero-order valence-corrected chi connectivity index (χ0v) is 20.1. The third kappa shape index (κ3) is 7.53. The summed E-state index contributed by atoms with van der Waals surface area (Å²) in [5, 5.41) is 16.9. The third-order valence-electron chi connectivity index (χ3n) is 6.20. The predicted molar refractivity (Wildman–Crippen MR) is 127 cm³/mol. The molecule has 0 spiro atoms. The predicted octanol–water partition coefficient (Wildman–Crippen LogP) is 3.22. The van der Waals surface area contributed by atoms with E-state index in [2.05, 4.69) is 15.4 Å². The second-order valence-electron chi connectivity index (χ2n) is 8.66. The summed E-state index contributed by atoms with van der Waals surface area (Å²) in [6, 6.07) is 14.7. The van der Waals surface area contributed by atoms with E-state index in [-0.39, 0.29) is 31.4 Å². The molecule has 0 aliphatic carbocycles. The number of amides is 1. The zero-order chi connectivity index (χ0) is 26.9. The summed E-state index contributed by atoms with van der Waals surface area (Å²) in [6.07, 6.45) is -3.82. The molecule has 0 atom stereocenters. The lowest BCUT2D eigenvalue weighted by Crippen LogP contribution is -2.41. The average Bonchev–Trinajstić information content (AvgIpc) is 2.88. The van der Waals surface area contributed by atoms with Crippen molar-refractivity contribution in [3.63, 3.8) is 0 Å². The maximum absolute atomic E-state index is 12.8. The summed E-state index contributed by atoms with van der Waals surface area (Å²) in [5.74, 6) is -4.09. The minimum atomic E-state index is -5.23. The number of phenols is 1. The lowest BCUT2D eigenvalue weighted by Gasteiger charge is -2.39. The van der Waals surface area contributed by atoms with Crippen LogP contribution in [0.1, 0.15) is 47.2 Å². The van der Waals surface area contributed by atoms with Gasteiger partial charge in [0.15, 0.2) is 0 Å². The van der Waals surface area contributed by atoms with E-state index in [0.717, 1.165) is 31.5 Å². The Morgan fingerprint density at radius 3 is 2.41 bits per heavy atom. The van der Waals surface area contributed by atoms with E-state index < -0.39 is 30.0 Å². The molecular formula is C26H29F3N2O6. The van der Waals surface area contributed by atoms with Crippen LogP contribution in [0.5, 0.6) is 5.75 Å². The van der Waals surface area contributed by atoms with Crippen molar-refractivity contribution in [1.82, 2.24) is 10.6 Å². The minimum Gasteiger partial charge on any atom is -0.508 e. The number of aromatic hydroxyl groups is 1. The fourth-order valence-corrected chi connectivity index (χ4v) is 4.33. The molecule has 0 saturated carbocycles. The molecule has 0 aromatic heterocycles. The van der Waals surface area contributed by atoms with Crippen LogP contribution in [0, 0.1) is 0 Å². The first kappa shape index (κ1) is 28.1.